The summed E-state index contributed by atoms with van der Waals surface area (Å²) in [6.45, 7) is 2.80. The number of carbonyl (C=O) groups is 2. The predicted octanol–water partition coefficient (Wildman–Crippen LogP) is 1.61. The summed E-state index contributed by atoms with van der Waals surface area (Å²) < 4.78 is 10.4. The van der Waals surface area contributed by atoms with Gasteiger partial charge in [-0.05, 0) is 43.5 Å². The maximum Gasteiger partial charge on any atom is 0.326 e. The molecule has 0 aromatic heterocycles. The van der Waals surface area contributed by atoms with Crippen molar-refractivity contribution in [2.75, 3.05) is 20.3 Å². The van der Waals surface area contributed by atoms with E-state index in [-0.39, 0.29) is 5.92 Å². The highest BCUT2D eigenvalue weighted by Crippen LogP contribution is 2.20. The molecule has 1 amide bonds. The Morgan fingerprint density at radius 1 is 1.45 bits per heavy atom. The summed E-state index contributed by atoms with van der Waals surface area (Å²) in [4.78, 5) is 23.8. The van der Waals surface area contributed by atoms with Gasteiger partial charge in [-0.15, -0.1) is 0 Å². The third kappa shape index (κ3) is 3.76. The molecule has 0 spiro atoms. The molecule has 0 aliphatic carbocycles. The normalized spacial score (nSPS) is 19.3. The third-order valence-electron chi connectivity index (χ3n) is 3.90. The van der Waals surface area contributed by atoms with E-state index < -0.39 is 17.9 Å². The Bertz CT molecular complexity index is 551. The predicted molar refractivity (Wildman–Crippen MR) is 80.2 cm³/mol. The summed E-state index contributed by atoms with van der Waals surface area (Å²) in [5.74, 6) is -0.966. The van der Waals surface area contributed by atoms with E-state index in [9.17, 15) is 14.7 Å². The Balaban J connectivity index is 2.12. The minimum atomic E-state index is -1.03. The molecule has 120 valence electrons. The second-order valence-corrected chi connectivity index (χ2v) is 5.45. The van der Waals surface area contributed by atoms with E-state index in [4.69, 9.17) is 9.47 Å². The molecule has 1 heterocycles. The monoisotopic (exact) mass is 307 g/mol. The van der Waals surface area contributed by atoms with Crippen molar-refractivity contribution < 1.29 is 24.2 Å². The minimum absolute atomic E-state index is 0.200. The average molecular weight is 307 g/mol. The number of carbonyl (C=O) groups excluding carboxylic acids is 1. The molecule has 1 aliphatic heterocycles. The van der Waals surface area contributed by atoms with Crippen LogP contribution in [0.25, 0.3) is 0 Å². The van der Waals surface area contributed by atoms with Gasteiger partial charge >= 0.3 is 5.97 Å². The highest BCUT2D eigenvalue weighted by atomic mass is 16.5. The van der Waals surface area contributed by atoms with E-state index >= 15 is 0 Å². The quantitative estimate of drug-likeness (QED) is 0.863. The second-order valence-electron chi connectivity index (χ2n) is 5.45. The molecule has 2 unspecified atom stereocenters. The summed E-state index contributed by atoms with van der Waals surface area (Å²) in [5.41, 5.74) is 1.18. The molecule has 2 atom stereocenters. The Hall–Kier alpha value is -2.08. The van der Waals surface area contributed by atoms with Gasteiger partial charge in [0.25, 0.3) is 5.91 Å². The van der Waals surface area contributed by atoms with Gasteiger partial charge in [-0.3, -0.25) is 4.79 Å². The van der Waals surface area contributed by atoms with Gasteiger partial charge in [0, 0.05) is 18.1 Å². The van der Waals surface area contributed by atoms with Crippen molar-refractivity contribution in [3.05, 3.63) is 29.3 Å². The Labute approximate surface area is 129 Å². The summed E-state index contributed by atoms with van der Waals surface area (Å²) >= 11 is 0. The van der Waals surface area contributed by atoms with Crippen LogP contribution in [-0.4, -0.2) is 43.3 Å². The van der Waals surface area contributed by atoms with Crippen LogP contribution in [0.15, 0.2) is 18.2 Å². The number of hydrogen-bond acceptors (Lipinski definition) is 4. The maximum atomic E-state index is 12.4. The van der Waals surface area contributed by atoms with Crippen LogP contribution in [0, 0.1) is 12.8 Å². The molecule has 1 aromatic carbocycles. The Morgan fingerprint density at radius 3 is 2.77 bits per heavy atom. The number of nitrogens with one attached hydrogen (secondary N) is 1. The number of aliphatic carboxylic acids is 1. The summed E-state index contributed by atoms with van der Waals surface area (Å²) in [5, 5.41) is 12.0. The lowest BCUT2D eigenvalue weighted by Gasteiger charge is -2.28. The third-order valence-corrected chi connectivity index (χ3v) is 3.90. The zero-order valence-corrected chi connectivity index (χ0v) is 12.8. The number of benzene rings is 1. The van der Waals surface area contributed by atoms with Gasteiger partial charge in [-0.2, -0.15) is 0 Å². The Kier molecular flexibility index (Phi) is 5.38. The van der Waals surface area contributed by atoms with Gasteiger partial charge in [0.1, 0.15) is 11.8 Å². The lowest BCUT2D eigenvalue weighted by atomic mass is 9.93. The van der Waals surface area contributed by atoms with Gasteiger partial charge in [-0.25, -0.2) is 4.79 Å². The number of carboxylic acid groups (broad SMARTS) is 1. The summed E-state index contributed by atoms with van der Waals surface area (Å²) in [6, 6.07) is 4.13. The van der Waals surface area contributed by atoms with E-state index in [1.54, 1.807) is 32.2 Å². The van der Waals surface area contributed by atoms with Crippen LogP contribution < -0.4 is 10.1 Å². The van der Waals surface area contributed by atoms with Crippen LogP contribution in [0.5, 0.6) is 5.75 Å². The van der Waals surface area contributed by atoms with Gasteiger partial charge < -0.3 is 19.9 Å². The number of hydrogen-bond donors (Lipinski definition) is 2. The molecular formula is C16H21NO5. The molecule has 2 rings (SSSR count). The second kappa shape index (κ2) is 7.26. The smallest absolute Gasteiger partial charge is 0.326 e. The SMILES string of the molecule is COc1ccc(C(=O)NC(C(=O)O)C2CCCOC2)c(C)c1. The number of ether oxygens (including phenoxy) is 2. The summed E-state index contributed by atoms with van der Waals surface area (Å²) in [7, 11) is 1.55. The topological polar surface area (TPSA) is 84.9 Å². The van der Waals surface area contributed by atoms with Crippen molar-refractivity contribution in [1.82, 2.24) is 5.32 Å². The maximum absolute atomic E-state index is 12.4. The first-order valence-electron chi connectivity index (χ1n) is 7.29. The van der Waals surface area contributed by atoms with Crippen molar-refractivity contribution in [3.63, 3.8) is 0 Å². The first-order valence-corrected chi connectivity index (χ1v) is 7.29. The molecule has 6 heteroatoms. The first kappa shape index (κ1) is 16.3. The molecule has 1 aromatic rings. The fourth-order valence-corrected chi connectivity index (χ4v) is 2.65. The molecule has 0 bridgehead atoms. The van der Waals surface area contributed by atoms with Crippen LogP contribution in [0.1, 0.15) is 28.8 Å². The summed E-state index contributed by atoms with van der Waals surface area (Å²) in [6.07, 6.45) is 1.55. The van der Waals surface area contributed by atoms with Crippen molar-refractivity contribution in [2.45, 2.75) is 25.8 Å². The largest absolute Gasteiger partial charge is 0.497 e. The van der Waals surface area contributed by atoms with E-state index in [1.165, 1.54) is 0 Å². The molecule has 0 radical (unpaired) electrons. The number of aryl methyl sites for hydroxylation is 1. The lowest BCUT2D eigenvalue weighted by Crippen LogP contribution is -2.48. The zero-order valence-electron chi connectivity index (χ0n) is 12.8. The Morgan fingerprint density at radius 2 is 2.23 bits per heavy atom. The van der Waals surface area contributed by atoms with Crippen LogP contribution in [0.4, 0.5) is 0 Å². The molecule has 1 aliphatic rings. The molecular weight excluding hydrogens is 286 g/mol. The number of methoxy groups -OCH3 is 1. The molecule has 0 saturated carbocycles. The average Bonchev–Trinajstić information content (AvgIpc) is 2.52. The first-order chi connectivity index (χ1) is 10.5. The van der Waals surface area contributed by atoms with Crippen molar-refractivity contribution >= 4 is 11.9 Å². The highest BCUT2D eigenvalue weighted by molar-refractivity contribution is 5.98. The molecule has 1 fully saturated rings. The van der Waals surface area contributed by atoms with Crippen molar-refractivity contribution in [3.8, 4) is 5.75 Å². The fraction of sp³-hybridized carbons (Fsp3) is 0.500. The van der Waals surface area contributed by atoms with Gasteiger partial charge in [0.15, 0.2) is 0 Å². The van der Waals surface area contributed by atoms with Gasteiger partial charge in [-0.1, -0.05) is 0 Å². The molecule has 2 N–H and O–H groups in total. The van der Waals surface area contributed by atoms with Crippen molar-refractivity contribution in [2.24, 2.45) is 5.92 Å². The van der Waals surface area contributed by atoms with Crippen LogP contribution in [0.2, 0.25) is 0 Å². The van der Waals surface area contributed by atoms with E-state index in [2.05, 4.69) is 5.32 Å². The van der Waals surface area contributed by atoms with Crippen molar-refractivity contribution in [1.29, 1.82) is 0 Å². The molecule has 6 nitrogen and oxygen atoms in total. The van der Waals surface area contributed by atoms with E-state index in [0.29, 0.717) is 24.5 Å². The van der Waals surface area contributed by atoms with Crippen LogP contribution in [-0.2, 0) is 9.53 Å². The van der Waals surface area contributed by atoms with Crippen LogP contribution in [0.3, 0.4) is 0 Å². The minimum Gasteiger partial charge on any atom is -0.497 e. The lowest BCUT2D eigenvalue weighted by molar-refractivity contribution is -0.142. The van der Waals surface area contributed by atoms with Gasteiger partial charge in [0.05, 0.1) is 13.7 Å². The number of rotatable bonds is 5. The number of amides is 1. The van der Waals surface area contributed by atoms with E-state index in [0.717, 1.165) is 18.4 Å². The number of carboxylic acids is 1. The van der Waals surface area contributed by atoms with Gasteiger partial charge in [0.2, 0.25) is 0 Å². The highest BCUT2D eigenvalue weighted by Gasteiger charge is 2.31. The molecule has 1 saturated heterocycles. The van der Waals surface area contributed by atoms with Crippen LogP contribution >= 0.6 is 0 Å². The zero-order chi connectivity index (χ0) is 16.1. The van der Waals surface area contributed by atoms with E-state index in [1.807, 2.05) is 0 Å². The molecule has 22 heavy (non-hydrogen) atoms. The standard InChI is InChI=1S/C16H21NO5/c1-10-8-12(21-2)5-6-13(10)15(18)17-14(16(19)20)11-4-3-7-22-9-11/h5-6,8,11,14H,3-4,7,9H2,1-2H3,(H,17,18)(H,19,20). The fourth-order valence-electron chi connectivity index (χ4n) is 2.65.